The number of hydrogen-bond donors (Lipinski definition) is 2. The number of halogens is 3. The number of carbonyl (C=O) groups excluding carboxylic acids is 2. The number of benzene rings is 2. The van der Waals surface area contributed by atoms with E-state index >= 15 is 0 Å². The molecule has 0 spiro atoms. The molecular formula is C17H13F3N2O6S. The van der Waals surface area contributed by atoms with E-state index in [2.05, 4.69) is 10.9 Å². The molecule has 2 aromatic carbocycles. The molecule has 0 saturated carbocycles. The van der Waals surface area contributed by atoms with Crippen LogP contribution < -0.4 is 20.3 Å². The highest BCUT2D eigenvalue weighted by molar-refractivity contribution is 7.92. The Morgan fingerprint density at radius 3 is 2.21 bits per heavy atom. The molecule has 1 atom stereocenters. The van der Waals surface area contributed by atoms with Gasteiger partial charge < -0.3 is 9.47 Å². The second-order valence-electron chi connectivity index (χ2n) is 5.78. The molecule has 1 aliphatic heterocycles. The summed E-state index contributed by atoms with van der Waals surface area (Å²) >= 11 is 0. The molecule has 0 fully saturated rings. The number of fused-ring (bicyclic) bond motifs is 1. The van der Waals surface area contributed by atoms with Crippen molar-refractivity contribution in [2.75, 3.05) is 6.61 Å². The molecule has 1 aliphatic rings. The van der Waals surface area contributed by atoms with E-state index in [1.807, 2.05) is 0 Å². The number of ether oxygens (including phenoxy) is 2. The first kappa shape index (κ1) is 20.5. The fourth-order valence-electron chi connectivity index (χ4n) is 2.34. The number of hydrazine groups is 1. The van der Waals surface area contributed by atoms with Gasteiger partial charge in [0.2, 0.25) is 6.10 Å². The van der Waals surface area contributed by atoms with Crippen molar-refractivity contribution in [2.24, 2.45) is 0 Å². The lowest BCUT2D eigenvalue weighted by Crippen LogP contribution is -2.50. The van der Waals surface area contributed by atoms with E-state index in [-0.39, 0.29) is 12.2 Å². The molecule has 0 bridgehead atoms. The molecule has 0 aromatic heterocycles. The lowest BCUT2D eigenvalue weighted by atomic mass is 10.2. The highest BCUT2D eigenvalue weighted by Gasteiger charge is 2.46. The van der Waals surface area contributed by atoms with Gasteiger partial charge >= 0.3 is 5.51 Å². The highest BCUT2D eigenvalue weighted by Crippen LogP contribution is 2.31. The van der Waals surface area contributed by atoms with E-state index in [9.17, 15) is 31.2 Å². The molecule has 29 heavy (non-hydrogen) atoms. The van der Waals surface area contributed by atoms with Crippen molar-refractivity contribution in [2.45, 2.75) is 16.5 Å². The van der Waals surface area contributed by atoms with Gasteiger partial charge in [0.15, 0.2) is 11.5 Å². The molecule has 0 saturated heterocycles. The second-order valence-corrected chi connectivity index (χ2v) is 7.72. The number of para-hydroxylation sites is 2. The Morgan fingerprint density at radius 2 is 1.59 bits per heavy atom. The number of alkyl halides is 3. The maximum Gasteiger partial charge on any atom is 0.501 e. The predicted octanol–water partition coefficient (Wildman–Crippen LogP) is 1.58. The van der Waals surface area contributed by atoms with Crippen LogP contribution in [0.3, 0.4) is 0 Å². The molecule has 2 N–H and O–H groups in total. The minimum Gasteiger partial charge on any atom is -0.485 e. The number of hydrogen-bond acceptors (Lipinski definition) is 6. The Balaban J connectivity index is 1.59. The molecule has 1 heterocycles. The number of sulfone groups is 1. The normalized spacial score (nSPS) is 16.0. The van der Waals surface area contributed by atoms with E-state index < -0.39 is 38.2 Å². The molecule has 2 aromatic rings. The van der Waals surface area contributed by atoms with Crippen LogP contribution in [-0.2, 0) is 14.6 Å². The van der Waals surface area contributed by atoms with Gasteiger partial charge in [0.1, 0.15) is 6.61 Å². The number of rotatable bonds is 3. The standard InChI is InChI=1S/C17H13F3N2O6S/c18-17(19,20)29(25,26)11-7-5-10(6-8-11)15(23)21-22-16(24)14-9-27-12-3-1-2-4-13(12)28-14/h1-8,14H,9H2,(H,21,23)(H,22,24). The maximum atomic E-state index is 12.5. The summed E-state index contributed by atoms with van der Waals surface area (Å²) in [7, 11) is -5.52. The zero-order valence-corrected chi connectivity index (χ0v) is 15.2. The molecule has 154 valence electrons. The first-order valence-electron chi connectivity index (χ1n) is 8.00. The Kier molecular flexibility index (Phi) is 5.38. The third kappa shape index (κ3) is 4.26. The largest absolute Gasteiger partial charge is 0.501 e. The quantitative estimate of drug-likeness (QED) is 0.716. The van der Waals surface area contributed by atoms with Crippen molar-refractivity contribution in [3.8, 4) is 11.5 Å². The van der Waals surface area contributed by atoms with E-state index in [1.165, 1.54) is 0 Å². The van der Waals surface area contributed by atoms with Crippen molar-refractivity contribution < 1.29 is 40.7 Å². The summed E-state index contributed by atoms with van der Waals surface area (Å²) in [5, 5.41) is 0. The lowest BCUT2D eigenvalue weighted by Gasteiger charge is -2.25. The van der Waals surface area contributed by atoms with Gasteiger partial charge in [-0.2, -0.15) is 13.2 Å². The molecule has 0 aliphatic carbocycles. The van der Waals surface area contributed by atoms with Crippen LogP contribution >= 0.6 is 0 Å². The van der Waals surface area contributed by atoms with Crippen molar-refractivity contribution in [3.63, 3.8) is 0 Å². The van der Waals surface area contributed by atoms with Gasteiger partial charge in [-0.1, -0.05) is 12.1 Å². The lowest BCUT2D eigenvalue weighted by molar-refractivity contribution is -0.131. The SMILES string of the molecule is O=C(NNC(=O)C1COc2ccccc2O1)c1ccc(S(=O)(=O)C(F)(F)F)cc1. The number of amides is 2. The van der Waals surface area contributed by atoms with Crippen LogP contribution in [0.1, 0.15) is 10.4 Å². The van der Waals surface area contributed by atoms with Crippen molar-refractivity contribution in [1.82, 2.24) is 10.9 Å². The molecule has 0 radical (unpaired) electrons. The van der Waals surface area contributed by atoms with E-state index in [1.54, 1.807) is 24.3 Å². The molecule has 3 rings (SSSR count). The van der Waals surface area contributed by atoms with E-state index in [0.29, 0.717) is 23.6 Å². The monoisotopic (exact) mass is 430 g/mol. The Bertz CT molecular complexity index is 1040. The third-order valence-electron chi connectivity index (χ3n) is 3.83. The van der Waals surface area contributed by atoms with Crippen LogP contribution in [0.2, 0.25) is 0 Å². The van der Waals surface area contributed by atoms with Crippen LogP contribution in [0.4, 0.5) is 13.2 Å². The zero-order valence-electron chi connectivity index (χ0n) is 14.4. The summed E-state index contributed by atoms with van der Waals surface area (Å²) in [5.74, 6) is -0.767. The smallest absolute Gasteiger partial charge is 0.485 e. The van der Waals surface area contributed by atoms with Gasteiger partial charge in [0, 0.05) is 5.56 Å². The zero-order chi connectivity index (χ0) is 21.2. The number of carbonyl (C=O) groups is 2. The Morgan fingerprint density at radius 1 is 0.966 bits per heavy atom. The van der Waals surface area contributed by atoms with E-state index in [0.717, 1.165) is 12.1 Å². The molecular weight excluding hydrogens is 417 g/mol. The van der Waals surface area contributed by atoms with Gasteiger partial charge in [-0.3, -0.25) is 20.4 Å². The van der Waals surface area contributed by atoms with Crippen molar-refractivity contribution in [3.05, 3.63) is 54.1 Å². The van der Waals surface area contributed by atoms with Crippen LogP contribution in [0.25, 0.3) is 0 Å². The topological polar surface area (TPSA) is 111 Å². The fourth-order valence-corrected chi connectivity index (χ4v) is 3.10. The summed E-state index contributed by atoms with van der Waals surface area (Å²) < 4.78 is 71.0. The Labute approximate surface area is 162 Å². The van der Waals surface area contributed by atoms with Crippen molar-refractivity contribution >= 4 is 21.7 Å². The van der Waals surface area contributed by atoms with Crippen LogP contribution in [0, 0.1) is 0 Å². The highest BCUT2D eigenvalue weighted by atomic mass is 32.2. The summed E-state index contributed by atoms with van der Waals surface area (Å²) in [5.41, 5.74) is -1.45. The third-order valence-corrected chi connectivity index (χ3v) is 5.33. The van der Waals surface area contributed by atoms with Gasteiger partial charge in [-0.25, -0.2) is 8.42 Å². The van der Waals surface area contributed by atoms with Gasteiger partial charge in [-0.05, 0) is 36.4 Å². The summed E-state index contributed by atoms with van der Waals surface area (Å²) in [6, 6.07) is 9.75. The predicted molar refractivity (Wildman–Crippen MR) is 91.6 cm³/mol. The van der Waals surface area contributed by atoms with Crippen molar-refractivity contribution in [1.29, 1.82) is 0 Å². The molecule has 1 unspecified atom stereocenters. The average Bonchev–Trinajstić information content (AvgIpc) is 2.70. The Hall–Kier alpha value is -3.28. The summed E-state index contributed by atoms with van der Waals surface area (Å²) in [4.78, 5) is 23.1. The fraction of sp³-hybridized carbons (Fsp3) is 0.176. The van der Waals surface area contributed by atoms with Crippen LogP contribution in [0.15, 0.2) is 53.4 Å². The number of nitrogens with one attached hydrogen (secondary N) is 2. The average molecular weight is 430 g/mol. The molecule has 12 heteroatoms. The van der Waals surface area contributed by atoms with Gasteiger partial charge in [-0.15, -0.1) is 0 Å². The second kappa shape index (κ2) is 7.62. The molecule has 8 nitrogen and oxygen atoms in total. The minimum absolute atomic E-state index is 0.0945. The van der Waals surface area contributed by atoms with Gasteiger partial charge in [0.25, 0.3) is 21.7 Å². The van der Waals surface area contributed by atoms with Gasteiger partial charge in [0.05, 0.1) is 4.90 Å². The summed E-state index contributed by atoms with van der Waals surface area (Å²) in [6.45, 7) is -0.0945. The summed E-state index contributed by atoms with van der Waals surface area (Å²) in [6.07, 6.45) is -1.04. The molecule has 2 amide bonds. The van der Waals surface area contributed by atoms with Crippen LogP contribution in [-0.4, -0.2) is 38.5 Å². The van der Waals surface area contributed by atoms with E-state index in [4.69, 9.17) is 9.47 Å². The van der Waals surface area contributed by atoms with Crippen LogP contribution in [0.5, 0.6) is 11.5 Å². The maximum absolute atomic E-state index is 12.5. The first-order chi connectivity index (χ1) is 13.6. The first-order valence-corrected chi connectivity index (χ1v) is 9.48. The minimum atomic E-state index is -5.52.